The van der Waals surface area contributed by atoms with Crippen molar-refractivity contribution in [2.24, 2.45) is 5.92 Å². The van der Waals surface area contributed by atoms with Crippen LogP contribution in [0.2, 0.25) is 0 Å². The Bertz CT molecular complexity index is 821. The molecular weight excluding hydrogens is 357 g/mol. The second kappa shape index (κ2) is 6.60. The molecule has 5 nitrogen and oxygen atoms in total. The number of rotatable bonds is 4. The van der Waals surface area contributed by atoms with Crippen LogP contribution in [0.5, 0.6) is 0 Å². The van der Waals surface area contributed by atoms with Gasteiger partial charge in [0.1, 0.15) is 5.82 Å². The smallest absolute Gasteiger partial charge is 0.223 e. The zero-order chi connectivity index (χ0) is 18.5. The SMILES string of the molecule is Cc1cc(C(CC(=O)N2CCOC3CS(=O)(=O)CC32)C2CC2)ccc1F. The van der Waals surface area contributed by atoms with Crippen molar-refractivity contribution in [1.29, 1.82) is 0 Å². The third-order valence-corrected chi connectivity index (χ3v) is 7.54. The first-order chi connectivity index (χ1) is 12.3. The molecule has 1 aliphatic carbocycles. The van der Waals surface area contributed by atoms with Gasteiger partial charge in [-0.25, -0.2) is 12.8 Å². The van der Waals surface area contributed by atoms with Gasteiger partial charge >= 0.3 is 0 Å². The van der Waals surface area contributed by atoms with E-state index in [0.717, 1.165) is 18.4 Å². The van der Waals surface area contributed by atoms with Gasteiger partial charge in [0.05, 0.1) is 30.3 Å². The van der Waals surface area contributed by atoms with E-state index in [1.807, 2.05) is 6.07 Å². The molecule has 1 aromatic carbocycles. The van der Waals surface area contributed by atoms with Gasteiger partial charge in [0.15, 0.2) is 9.84 Å². The number of ether oxygens (including phenoxy) is 1. The van der Waals surface area contributed by atoms with Crippen LogP contribution >= 0.6 is 0 Å². The van der Waals surface area contributed by atoms with Crippen LogP contribution < -0.4 is 0 Å². The second-order valence-electron chi connectivity index (χ2n) is 7.80. The monoisotopic (exact) mass is 381 g/mol. The Kier molecular flexibility index (Phi) is 4.55. The fourth-order valence-corrected chi connectivity index (χ4v) is 6.15. The lowest BCUT2D eigenvalue weighted by atomic mass is 9.89. The lowest BCUT2D eigenvalue weighted by Crippen LogP contribution is -2.53. The second-order valence-corrected chi connectivity index (χ2v) is 9.95. The molecule has 0 spiro atoms. The van der Waals surface area contributed by atoms with Crippen LogP contribution in [0.3, 0.4) is 0 Å². The summed E-state index contributed by atoms with van der Waals surface area (Å²) in [5.74, 6) is 0.271. The number of hydrogen-bond acceptors (Lipinski definition) is 4. The summed E-state index contributed by atoms with van der Waals surface area (Å²) in [6.07, 6.45) is 2.11. The van der Waals surface area contributed by atoms with Gasteiger partial charge in [0.2, 0.25) is 5.91 Å². The summed E-state index contributed by atoms with van der Waals surface area (Å²) >= 11 is 0. The van der Waals surface area contributed by atoms with Crippen LogP contribution in [-0.2, 0) is 19.4 Å². The standard InChI is InChI=1S/C19H24FNO4S/c1-12-8-14(4-5-16(12)20)15(13-2-3-13)9-19(22)21-6-7-25-18-11-26(23,24)10-17(18)21/h4-5,8,13,15,17-18H,2-3,6-7,9-11H2,1H3. The van der Waals surface area contributed by atoms with E-state index >= 15 is 0 Å². The van der Waals surface area contributed by atoms with Crippen molar-refractivity contribution in [2.45, 2.75) is 44.2 Å². The molecule has 1 amide bonds. The van der Waals surface area contributed by atoms with E-state index in [4.69, 9.17) is 4.74 Å². The number of nitrogens with zero attached hydrogens (tertiary/aromatic N) is 1. The third-order valence-electron chi connectivity index (χ3n) is 5.85. The zero-order valence-corrected chi connectivity index (χ0v) is 15.7. The Morgan fingerprint density at radius 3 is 2.81 bits per heavy atom. The minimum absolute atomic E-state index is 0.00462. The third kappa shape index (κ3) is 3.51. The predicted octanol–water partition coefficient (Wildman–Crippen LogP) is 2.04. The Balaban J connectivity index is 1.52. The number of benzene rings is 1. The number of morpholine rings is 1. The van der Waals surface area contributed by atoms with Crippen LogP contribution in [-0.4, -0.2) is 56.0 Å². The average Bonchev–Trinajstić information content (AvgIpc) is 3.36. The van der Waals surface area contributed by atoms with E-state index in [-0.39, 0.29) is 35.2 Å². The summed E-state index contributed by atoms with van der Waals surface area (Å²) in [6.45, 7) is 2.56. The first kappa shape index (κ1) is 17.9. The van der Waals surface area contributed by atoms with Gasteiger partial charge in [-0.1, -0.05) is 12.1 Å². The molecule has 0 radical (unpaired) electrons. The number of sulfone groups is 1. The highest BCUT2D eigenvalue weighted by Crippen LogP contribution is 2.45. The molecule has 0 N–H and O–H groups in total. The zero-order valence-electron chi connectivity index (χ0n) is 14.9. The van der Waals surface area contributed by atoms with Crippen molar-refractivity contribution < 1.29 is 22.3 Å². The molecule has 3 fully saturated rings. The van der Waals surface area contributed by atoms with E-state index in [0.29, 0.717) is 31.1 Å². The number of aryl methyl sites for hydroxylation is 1. The van der Waals surface area contributed by atoms with Gasteiger partial charge < -0.3 is 9.64 Å². The number of hydrogen-bond donors (Lipinski definition) is 0. The molecule has 2 saturated heterocycles. The van der Waals surface area contributed by atoms with Gasteiger partial charge in [-0.15, -0.1) is 0 Å². The molecule has 3 atom stereocenters. The molecule has 0 bridgehead atoms. The Morgan fingerprint density at radius 2 is 2.12 bits per heavy atom. The molecule has 142 valence electrons. The number of amides is 1. The maximum Gasteiger partial charge on any atom is 0.223 e. The molecule has 3 unspecified atom stereocenters. The molecule has 2 aliphatic heterocycles. The summed E-state index contributed by atoms with van der Waals surface area (Å²) in [5.41, 5.74) is 1.59. The number of carbonyl (C=O) groups excluding carboxylic acids is 1. The Hall–Kier alpha value is -1.47. The highest BCUT2D eigenvalue weighted by atomic mass is 32.2. The fourth-order valence-electron chi connectivity index (χ4n) is 4.28. The summed E-state index contributed by atoms with van der Waals surface area (Å²) < 4.78 is 43.1. The molecule has 1 saturated carbocycles. The highest BCUT2D eigenvalue weighted by Gasteiger charge is 2.46. The first-order valence-electron chi connectivity index (χ1n) is 9.21. The summed E-state index contributed by atoms with van der Waals surface area (Å²) in [6, 6.07) is 4.73. The highest BCUT2D eigenvalue weighted by molar-refractivity contribution is 7.91. The molecular formula is C19H24FNO4S. The van der Waals surface area contributed by atoms with Crippen LogP contribution in [0.15, 0.2) is 18.2 Å². The minimum atomic E-state index is -3.15. The van der Waals surface area contributed by atoms with Gasteiger partial charge in [0, 0.05) is 13.0 Å². The summed E-state index contributed by atoms with van der Waals surface area (Å²) in [5, 5.41) is 0. The predicted molar refractivity (Wildman–Crippen MR) is 95.1 cm³/mol. The lowest BCUT2D eigenvalue weighted by Gasteiger charge is -2.37. The largest absolute Gasteiger partial charge is 0.373 e. The van der Waals surface area contributed by atoms with Gasteiger partial charge in [-0.05, 0) is 48.8 Å². The molecule has 3 aliphatic rings. The van der Waals surface area contributed by atoms with E-state index < -0.39 is 15.9 Å². The topological polar surface area (TPSA) is 63.7 Å². The molecule has 1 aromatic rings. The molecule has 7 heteroatoms. The molecule has 2 heterocycles. The van der Waals surface area contributed by atoms with Gasteiger partial charge in [0.25, 0.3) is 0 Å². The summed E-state index contributed by atoms with van der Waals surface area (Å²) in [4.78, 5) is 14.7. The fraction of sp³-hybridized carbons (Fsp3) is 0.632. The van der Waals surface area contributed by atoms with Crippen molar-refractivity contribution >= 4 is 15.7 Å². The summed E-state index contributed by atoms with van der Waals surface area (Å²) in [7, 11) is -3.15. The van der Waals surface area contributed by atoms with E-state index in [9.17, 15) is 17.6 Å². The molecule has 4 rings (SSSR count). The maximum atomic E-state index is 13.6. The number of fused-ring (bicyclic) bond motifs is 1. The van der Waals surface area contributed by atoms with E-state index in [1.165, 1.54) is 6.07 Å². The van der Waals surface area contributed by atoms with Crippen LogP contribution in [0, 0.1) is 18.7 Å². The normalized spacial score (nSPS) is 28.6. The maximum absolute atomic E-state index is 13.6. The minimum Gasteiger partial charge on any atom is -0.373 e. The van der Waals surface area contributed by atoms with E-state index in [1.54, 1.807) is 17.9 Å². The quantitative estimate of drug-likeness (QED) is 0.801. The first-order valence-corrected chi connectivity index (χ1v) is 11.0. The van der Waals surface area contributed by atoms with Gasteiger partial charge in [-0.2, -0.15) is 0 Å². The molecule has 0 aromatic heterocycles. The van der Waals surface area contributed by atoms with E-state index in [2.05, 4.69) is 0 Å². The lowest BCUT2D eigenvalue weighted by molar-refractivity contribution is -0.143. The Morgan fingerprint density at radius 1 is 1.35 bits per heavy atom. The Labute approximate surface area is 153 Å². The number of carbonyl (C=O) groups is 1. The van der Waals surface area contributed by atoms with Gasteiger partial charge in [-0.3, -0.25) is 4.79 Å². The van der Waals surface area contributed by atoms with Crippen molar-refractivity contribution in [3.05, 3.63) is 35.1 Å². The molecule has 26 heavy (non-hydrogen) atoms. The number of halogens is 1. The van der Waals surface area contributed by atoms with Crippen LogP contribution in [0.1, 0.15) is 36.3 Å². The van der Waals surface area contributed by atoms with Crippen LogP contribution in [0.25, 0.3) is 0 Å². The van der Waals surface area contributed by atoms with Crippen molar-refractivity contribution in [1.82, 2.24) is 4.90 Å². The average molecular weight is 381 g/mol. The van der Waals surface area contributed by atoms with Crippen molar-refractivity contribution in [2.75, 3.05) is 24.7 Å². The van der Waals surface area contributed by atoms with Crippen molar-refractivity contribution in [3.63, 3.8) is 0 Å². The van der Waals surface area contributed by atoms with Crippen LogP contribution in [0.4, 0.5) is 4.39 Å². The van der Waals surface area contributed by atoms with Crippen molar-refractivity contribution in [3.8, 4) is 0 Å².